The third kappa shape index (κ3) is 3.29. The molecule has 1 N–H and O–H groups in total. The predicted molar refractivity (Wildman–Crippen MR) is 71.1 cm³/mol. The van der Waals surface area contributed by atoms with Gasteiger partial charge in [-0.3, -0.25) is 0 Å². The lowest BCUT2D eigenvalue weighted by atomic mass is 10.3. The third-order valence-corrected chi connectivity index (χ3v) is 2.45. The highest BCUT2D eigenvalue weighted by atomic mass is 15.3. The Labute approximate surface area is 102 Å². The van der Waals surface area contributed by atoms with Crippen LogP contribution in [0.1, 0.15) is 12.5 Å². The summed E-state index contributed by atoms with van der Waals surface area (Å²) in [5, 5.41) is 7.57. The molecule has 0 fully saturated rings. The number of hydrogen-bond acceptors (Lipinski definition) is 2. The van der Waals surface area contributed by atoms with Gasteiger partial charge in [0.25, 0.3) is 0 Å². The Bertz CT molecular complexity index is 471. The summed E-state index contributed by atoms with van der Waals surface area (Å²) < 4.78 is 1.88. The topological polar surface area (TPSA) is 29.9 Å². The van der Waals surface area contributed by atoms with Gasteiger partial charge in [-0.1, -0.05) is 37.3 Å². The van der Waals surface area contributed by atoms with Crippen molar-refractivity contribution >= 4 is 6.08 Å². The Morgan fingerprint density at radius 1 is 1.29 bits per heavy atom. The van der Waals surface area contributed by atoms with Crippen LogP contribution in [-0.2, 0) is 0 Å². The van der Waals surface area contributed by atoms with E-state index in [-0.39, 0.29) is 0 Å². The maximum Gasteiger partial charge on any atom is 0.0645 e. The average molecular weight is 227 g/mol. The highest BCUT2D eigenvalue weighted by Crippen LogP contribution is 2.08. The van der Waals surface area contributed by atoms with Gasteiger partial charge in [-0.2, -0.15) is 5.10 Å². The number of para-hydroxylation sites is 1. The molecule has 88 valence electrons. The lowest BCUT2D eigenvalue weighted by molar-refractivity contribution is 0.801. The van der Waals surface area contributed by atoms with Crippen LogP contribution in [0, 0.1) is 0 Å². The van der Waals surface area contributed by atoms with Crippen LogP contribution in [-0.4, -0.2) is 22.9 Å². The van der Waals surface area contributed by atoms with E-state index in [1.807, 2.05) is 47.4 Å². The van der Waals surface area contributed by atoms with Gasteiger partial charge in [0.15, 0.2) is 0 Å². The van der Waals surface area contributed by atoms with Crippen molar-refractivity contribution in [2.45, 2.75) is 6.92 Å². The first-order chi connectivity index (χ1) is 8.40. The van der Waals surface area contributed by atoms with Crippen molar-refractivity contribution in [1.29, 1.82) is 0 Å². The van der Waals surface area contributed by atoms with E-state index in [2.05, 4.69) is 29.5 Å². The highest BCUT2D eigenvalue weighted by Gasteiger charge is 1.96. The van der Waals surface area contributed by atoms with Gasteiger partial charge >= 0.3 is 0 Å². The molecule has 17 heavy (non-hydrogen) atoms. The first-order valence-corrected chi connectivity index (χ1v) is 5.87. The van der Waals surface area contributed by atoms with E-state index < -0.39 is 0 Å². The summed E-state index contributed by atoms with van der Waals surface area (Å²) in [6, 6.07) is 10.1. The quantitative estimate of drug-likeness (QED) is 0.795. The summed E-state index contributed by atoms with van der Waals surface area (Å²) in [5.74, 6) is 0. The van der Waals surface area contributed by atoms with Crippen molar-refractivity contribution in [1.82, 2.24) is 15.1 Å². The summed E-state index contributed by atoms with van der Waals surface area (Å²) in [5.41, 5.74) is 2.20. The molecule has 0 aliphatic heterocycles. The van der Waals surface area contributed by atoms with Crippen molar-refractivity contribution in [3.05, 3.63) is 54.4 Å². The Balaban J connectivity index is 2.04. The average Bonchev–Trinajstić information content (AvgIpc) is 2.85. The lowest BCUT2D eigenvalue weighted by Gasteiger charge is -1.98. The minimum Gasteiger partial charge on any atom is -0.314 e. The number of nitrogens with one attached hydrogen (secondary N) is 1. The monoisotopic (exact) mass is 227 g/mol. The normalized spacial score (nSPS) is 11.1. The molecule has 3 heteroatoms. The smallest absolute Gasteiger partial charge is 0.0645 e. The molecule has 0 bridgehead atoms. The molecule has 0 radical (unpaired) electrons. The number of benzene rings is 1. The van der Waals surface area contributed by atoms with E-state index in [9.17, 15) is 0 Å². The zero-order valence-corrected chi connectivity index (χ0v) is 10.0. The molecule has 0 atom stereocenters. The van der Waals surface area contributed by atoms with Gasteiger partial charge in [0, 0.05) is 18.3 Å². The Kier molecular flexibility index (Phi) is 4.11. The summed E-state index contributed by atoms with van der Waals surface area (Å²) in [6.45, 7) is 3.99. The summed E-state index contributed by atoms with van der Waals surface area (Å²) in [4.78, 5) is 0. The molecular formula is C14H17N3. The molecule has 0 aliphatic rings. The molecule has 1 aromatic heterocycles. The van der Waals surface area contributed by atoms with Crippen LogP contribution in [0.15, 0.2) is 48.8 Å². The number of rotatable bonds is 5. The van der Waals surface area contributed by atoms with Crippen LogP contribution >= 0.6 is 0 Å². The van der Waals surface area contributed by atoms with Gasteiger partial charge in [0.05, 0.1) is 11.9 Å². The second-order valence-electron chi connectivity index (χ2n) is 3.76. The van der Waals surface area contributed by atoms with Crippen LogP contribution in [0.5, 0.6) is 0 Å². The second-order valence-corrected chi connectivity index (χ2v) is 3.76. The minimum atomic E-state index is 0.896. The molecule has 1 aromatic carbocycles. The first-order valence-electron chi connectivity index (χ1n) is 5.87. The Morgan fingerprint density at radius 3 is 2.88 bits per heavy atom. The van der Waals surface area contributed by atoms with Crippen molar-refractivity contribution < 1.29 is 0 Å². The van der Waals surface area contributed by atoms with Crippen LogP contribution in [0.2, 0.25) is 0 Å². The van der Waals surface area contributed by atoms with Crippen LogP contribution in [0.4, 0.5) is 0 Å². The Morgan fingerprint density at radius 2 is 2.12 bits per heavy atom. The molecule has 0 spiro atoms. The van der Waals surface area contributed by atoms with Gasteiger partial charge in [-0.25, -0.2) is 4.68 Å². The fourth-order valence-electron chi connectivity index (χ4n) is 1.57. The largest absolute Gasteiger partial charge is 0.314 e. The number of aromatic nitrogens is 2. The Hall–Kier alpha value is -1.87. The van der Waals surface area contributed by atoms with E-state index in [0.717, 1.165) is 24.3 Å². The van der Waals surface area contributed by atoms with Crippen LogP contribution in [0.25, 0.3) is 11.8 Å². The van der Waals surface area contributed by atoms with Crippen molar-refractivity contribution in [2.24, 2.45) is 0 Å². The summed E-state index contributed by atoms with van der Waals surface area (Å²) >= 11 is 0. The lowest BCUT2D eigenvalue weighted by Crippen LogP contribution is -2.11. The molecule has 3 nitrogen and oxygen atoms in total. The fraction of sp³-hybridized carbons (Fsp3) is 0.214. The molecule has 1 heterocycles. The summed E-state index contributed by atoms with van der Waals surface area (Å²) in [6.07, 6.45) is 8.08. The van der Waals surface area contributed by atoms with E-state index in [1.54, 1.807) is 0 Å². The number of hydrogen-bond donors (Lipinski definition) is 1. The predicted octanol–water partition coefficient (Wildman–Crippen LogP) is 2.50. The molecular weight excluding hydrogens is 210 g/mol. The molecule has 0 saturated heterocycles. The summed E-state index contributed by atoms with van der Waals surface area (Å²) in [7, 11) is 0. The van der Waals surface area contributed by atoms with Gasteiger partial charge < -0.3 is 5.32 Å². The molecule has 0 saturated carbocycles. The van der Waals surface area contributed by atoms with E-state index in [4.69, 9.17) is 0 Å². The van der Waals surface area contributed by atoms with Crippen molar-refractivity contribution in [2.75, 3.05) is 13.1 Å². The van der Waals surface area contributed by atoms with Crippen molar-refractivity contribution in [3.63, 3.8) is 0 Å². The van der Waals surface area contributed by atoms with Crippen molar-refractivity contribution in [3.8, 4) is 5.69 Å². The van der Waals surface area contributed by atoms with Gasteiger partial charge in [-0.05, 0) is 18.7 Å². The maximum atomic E-state index is 4.33. The second kappa shape index (κ2) is 6.01. The molecule has 2 aromatic rings. The molecule has 0 aliphatic carbocycles. The minimum absolute atomic E-state index is 0.896. The fourth-order valence-corrected chi connectivity index (χ4v) is 1.57. The van der Waals surface area contributed by atoms with E-state index >= 15 is 0 Å². The van der Waals surface area contributed by atoms with Gasteiger partial charge in [0.2, 0.25) is 0 Å². The SMILES string of the molecule is CCNCC=Cc1cnn(-c2ccccc2)c1. The number of likely N-dealkylation sites (N-methyl/N-ethyl adjacent to an activating group) is 1. The maximum absolute atomic E-state index is 4.33. The standard InChI is InChI=1S/C14H17N3/c1-2-15-10-6-7-13-11-16-17(12-13)14-8-4-3-5-9-14/h3-9,11-12,15H,2,10H2,1H3. The van der Waals surface area contributed by atoms with E-state index in [0.29, 0.717) is 0 Å². The van der Waals surface area contributed by atoms with E-state index in [1.165, 1.54) is 0 Å². The van der Waals surface area contributed by atoms with Gasteiger partial charge in [0.1, 0.15) is 0 Å². The highest BCUT2D eigenvalue weighted by molar-refractivity contribution is 5.48. The van der Waals surface area contributed by atoms with Crippen LogP contribution in [0.3, 0.4) is 0 Å². The molecule has 0 unspecified atom stereocenters. The zero-order valence-electron chi connectivity index (χ0n) is 10.0. The molecule has 2 rings (SSSR count). The zero-order chi connectivity index (χ0) is 11.9. The number of nitrogens with zero attached hydrogens (tertiary/aromatic N) is 2. The van der Waals surface area contributed by atoms with Crippen LogP contribution < -0.4 is 5.32 Å². The third-order valence-electron chi connectivity index (χ3n) is 2.45. The molecule has 0 amide bonds. The van der Waals surface area contributed by atoms with Gasteiger partial charge in [-0.15, -0.1) is 0 Å². The first kappa shape index (κ1) is 11.6.